The van der Waals surface area contributed by atoms with E-state index in [-0.39, 0.29) is 27.9 Å². The summed E-state index contributed by atoms with van der Waals surface area (Å²) in [6.45, 7) is 24.5. The number of pyridine rings is 1. The number of anilines is 4. The minimum atomic E-state index is -2.84. The monoisotopic (exact) mass is 1080 g/mol. The number of nitrogens with zero attached hydrogens (tertiary/aromatic N) is 4. The average molecular weight is 1080 g/mol. The summed E-state index contributed by atoms with van der Waals surface area (Å²) >= 11 is 0. The molecule has 0 amide bonds. The number of aromatic nitrogens is 2. The van der Waals surface area contributed by atoms with Crippen LogP contribution in [-0.2, 0) is 21.7 Å². The quantitative estimate of drug-likeness (QED) is 0.144. The Hall–Kier alpha value is -8.67. The summed E-state index contributed by atoms with van der Waals surface area (Å²) in [4.78, 5) is 9.92. The predicted octanol–water partition coefficient (Wildman–Crippen LogP) is 21.4. The van der Waals surface area contributed by atoms with Crippen LogP contribution in [0.25, 0.3) is 72.1 Å². The first-order chi connectivity index (χ1) is 42.0. The molecule has 11 aromatic rings. The summed E-state index contributed by atoms with van der Waals surface area (Å²) in [7, 11) is 0. The van der Waals surface area contributed by atoms with E-state index in [1.54, 1.807) is 6.20 Å². The fourth-order valence-corrected chi connectivity index (χ4v) is 11.7. The summed E-state index contributed by atoms with van der Waals surface area (Å²) in [6, 6.07) is 62.9. The van der Waals surface area contributed by atoms with Crippen LogP contribution < -0.4 is 14.5 Å². The summed E-state index contributed by atoms with van der Waals surface area (Å²) in [6.07, 6.45) is 1.58. The molecule has 9 aromatic carbocycles. The van der Waals surface area contributed by atoms with Crippen molar-refractivity contribution in [1.29, 1.82) is 0 Å². The first-order valence-electron chi connectivity index (χ1n) is 32.0. The van der Waals surface area contributed by atoms with Crippen LogP contribution in [0.15, 0.2) is 212 Å². The van der Waals surface area contributed by atoms with Gasteiger partial charge in [-0.1, -0.05) is 222 Å². The molecule has 1 aliphatic heterocycles. The van der Waals surface area contributed by atoms with Crippen molar-refractivity contribution in [3.05, 3.63) is 240 Å². The number of fused-ring (bicyclic) bond motifs is 4. The molecule has 0 saturated carbocycles. The van der Waals surface area contributed by atoms with Gasteiger partial charge >= 0.3 is 0 Å². The fourth-order valence-electron chi connectivity index (χ4n) is 11.7. The molecule has 12 rings (SSSR count). The summed E-state index contributed by atoms with van der Waals surface area (Å²) in [5.41, 5.74) is 16.3. The molecule has 0 spiro atoms. The molecule has 82 heavy (non-hydrogen) atoms. The molecular formula is C77H76N4O. The first kappa shape index (κ1) is 46.0. The molecule has 0 saturated heterocycles. The van der Waals surface area contributed by atoms with Crippen molar-refractivity contribution in [2.75, 3.05) is 16.5 Å². The molecular weight excluding hydrogens is 997 g/mol. The van der Waals surface area contributed by atoms with Gasteiger partial charge in [0.2, 0.25) is 0 Å². The van der Waals surface area contributed by atoms with Crippen LogP contribution in [-0.4, -0.2) is 16.2 Å². The number of rotatable bonds is 9. The van der Waals surface area contributed by atoms with Crippen LogP contribution in [0.5, 0.6) is 11.5 Å². The number of ether oxygens (including phenoxy) is 1. The van der Waals surface area contributed by atoms with Gasteiger partial charge in [0, 0.05) is 55.6 Å². The third kappa shape index (κ3) is 10.2. The van der Waals surface area contributed by atoms with Gasteiger partial charge in [-0.2, -0.15) is 0 Å². The van der Waals surface area contributed by atoms with E-state index in [1.165, 1.54) is 33.4 Å². The molecule has 5 heteroatoms. The van der Waals surface area contributed by atoms with Gasteiger partial charge in [-0.3, -0.25) is 4.57 Å². The van der Waals surface area contributed by atoms with Crippen LogP contribution in [0.4, 0.5) is 22.7 Å². The minimum Gasteiger partial charge on any atom is -0.457 e. The van der Waals surface area contributed by atoms with Crippen molar-refractivity contribution < 1.29 is 14.3 Å². The maximum Gasteiger partial charge on any atom is 0.137 e. The topological polar surface area (TPSA) is 33.5 Å². The molecule has 2 aromatic heterocycles. The van der Waals surface area contributed by atoms with Crippen LogP contribution in [0.1, 0.15) is 120 Å². The smallest absolute Gasteiger partial charge is 0.137 e. The van der Waals surface area contributed by atoms with Crippen molar-refractivity contribution in [1.82, 2.24) is 9.55 Å². The molecule has 1 aliphatic rings. The van der Waals surface area contributed by atoms with Crippen LogP contribution in [0.2, 0.25) is 0 Å². The maximum absolute atomic E-state index is 9.12. The largest absolute Gasteiger partial charge is 0.457 e. The molecule has 0 N–H and O–H groups in total. The number of para-hydroxylation sites is 3. The van der Waals surface area contributed by atoms with E-state index >= 15 is 0 Å². The first-order valence-corrected chi connectivity index (χ1v) is 28.5. The van der Waals surface area contributed by atoms with E-state index in [0.717, 1.165) is 61.2 Å². The lowest BCUT2D eigenvalue weighted by atomic mass is 9.75. The Balaban J connectivity index is 0.972. The molecule has 0 atom stereocenters. The number of hydrogen-bond acceptors (Lipinski definition) is 4. The van der Waals surface area contributed by atoms with E-state index in [4.69, 9.17) is 19.3 Å². The van der Waals surface area contributed by atoms with Gasteiger partial charge in [0.1, 0.15) is 24.0 Å². The van der Waals surface area contributed by atoms with E-state index < -0.39 is 36.0 Å². The highest BCUT2D eigenvalue weighted by Gasteiger charge is 2.35. The van der Waals surface area contributed by atoms with Crippen LogP contribution >= 0.6 is 0 Å². The second kappa shape index (κ2) is 20.4. The molecule has 410 valence electrons. The van der Waals surface area contributed by atoms with E-state index in [0.29, 0.717) is 35.1 Å². The normalized spacial score (nSPS) is 14.5. The van der Waals surface area contributed by atoms with Crippen molar-refractivity contribution in [2.45, 2.75) is 112 Å². The van der Waals surface area contributed by atoms with E-state index in [9.17, 15) is 0 Å². The Morgan fingerprint density at radius 1 is 0.463 bits per heavy atom. The molecule has 3 heterocycles. The fraction of sp³-hybridized carbons (Fsp3) is 0.234. The van der Waals surface area contributed by atoms with Crippen LogP contribution in [0, 0.1) is 6.85 Å². The molecule has 0 fully saturated rings. The summed E-state index contributed by atoms with van der Waals surface area (Å²) in [5, 5.41) is 1.99. The van der Waals surface area contributed by atoms with Crippen LogP contribution in [0.3, 0.4) is 0 Å². The Morgan fingerprint density at radius 2 is 1.10 bits per heavy atom. The van der Waals surface area contributed by atoms with Gasteiger partial charge in [-0.05, 0) is 139 Å². The zero-order chi connectivity index (χ0) is 63.4. The van der Waals surface area contributed by atoms with Gasteiger partial charge in [-0.15, -0.1) is 0 Å². The third-order valence-electron chi connectivity index (χ3n) is 16.1. The lowest BCUT2D eigenvalue weighted by molar-refractivity contribution is 0.483. The van der Waals surface area contributed by atoms with E-state index in [2.05, 4.69) is 216 Å². The molecule has 0 unspecified atom stereocenters. The van der Waals surface area contributed by atoms with Crippen molar-refractivity contribution in [3.63, 3.8) is 0 Å². The molecule has 5 nitrogen and oxygen atoms in total. The number of hydrogen-bond donors (Lipinski definition) is 0. The Kier molecular flexibility index (Phi) is 11.4. The van der Waals surface area contributed by atoms with Gasteiger partial charge in [0.25, 0.3) is 0 Å². The van der Waals surface area contributed by atoms with E-state index in [1.807, 2.05) is 63.2 Å². The maximum atomic E-state index is 9.12. The Bertz CT molecular complexity index is 4580. The second-order valence-electron chi connectivity index (χ2n) is 26.1. The molecule has 0 aliphatic carbocycles. The van der Waals surface area contributed by atoms with Crippen molar-refractivity contribution in [3.8, 4) is 61.8 Å². The lowest BCUT2D eigenvalue weighted by Crippen LogP contribution is -2.26. The van der Waals surface area contributed by atoms with Gasteiger partial charge < -0.3 is 14.5 Å². The van der Waals surface area contributed by atoms with Crippen molar-refractivity contribution in [2.24, 2.45) is 0 Å². The lowest BCUT2D eigenvalue weighted by Gasteiger charge is -2.33. The zero-order valence-electron chi connectivity index (χ0n) is 56.3. The third-order valence-corrected chi connectivity index (χ3v) is 16.1. The second-order valence-corrected chi connectivity index (χ2v) is 26.1. The highest BCUT2D eigenvalue weighted by atomic mass is 16.5. The molecule has 0 radical (unpaired) electrons. The minimum absolute atomic E-state index is 0.0304. The van der Waals surface area contributed by atoms with Gasteiger partial charge in [0.05, 0.1) is 33.6 Å². The number of benzene rings is 9. The molecule has 0 bridgehead atoms. The highest BCUT2D eigenvalue weighted by molar-refractivity contribution is 6.09. The SMILES string of the molecule is [2H]c1c([2H])c(-c2cnc(-n3c4ccccc4c4ccc(Oc5cccc(N6CN(c7c(-c8ccc(-c9ccccc9)cc8)cc(C(C)(C)C)cc7-c7cc(C(C)(C)C)ccc7C(C)(C)C)c7ccccc76)c5)cc43)cc2C(C)(C)C)c([2H])c(C([2H])([2H])[2H])c1[2H]. The van der Waals surface area contributed by atoms with Crippen molar-refractivity contribution >= 4 is 44.6 Å². The Morgan fingerprint density at radius 3 is 1.82 bits per heavy atom. The summed E-state index contributed by atoms with van der Waals surface area (Å²) < 4.78 is 68.9. The average Bonchev–Trinajstić information content (AvgIpc) is 1.82. The summed E-state index contributed by atoms with van der Waals surface area (Å²) in [5.74, 6) is 1.84. The Labute approximate surface area is 496 Å². The standard InChI is InChI=1S/C77H76N4O/c1-50-23-21-26-54(41-50)65-48-78-72(47-67(65)77(11,12)13)81-68-30-18-17-29-60(68)61-39-38-59(46-71(61)81)82-58-28-22-27-57(45-58)79-49-80(70-32-20-19-31-69(70)79)73-62(53-35-33-52(34-36-53)51-24-15-14-16-25-51)43-56(75(5,6)7)44-64(73)63-42-55(74(2,3)4)37-40-66(63)76(8,9)10/h14-48H,49H2,1-13H3/i1D3,21D,23D,26D,41D. The van der Waals surface area contributed by atoms with Gasteiger partial charge in [0.15, 0.2) is 0 Å². The highest BCUT2D eigenvalue weighted by Crippen LogP contribution is 2.53. The predicted molar refractivity (Wildman–Crippen MR) is 348 cm³/mol. The van der Waals surface area contributed by atoms with Gasteiger partial charge in [-0.25, -0.2) is 4.98 Å². The zero-order valence-corrected chi connectivity index (χ0v) is 49.3.